The molecule has 0 aliphatic carbocycles. The van der Waals surface area contributed by atoms with Crippen LogP contribution in [0.2, 0.25) is 0 Å². The molecular formula is C12H25N3O2. The Balaban J connectivity index is 2.31. The van der Waals surface area contributed by atoms with Crippen molar-refractivity contribution in [2.45, 2.75) is 38.8 Å². The SMILES string of the molecule is CCCNC(CCN1CCOCC1C)C(N)=O. The van der Waals surface area contributed by atoms with Crippen molar-refractivity contribution in [3.05, 3.63) is 0 Å². The van der Waals surface area contributed by atoms with E-state index in [4.69, 9.17) is 10.5 Å². The summed E-state index contributed by atoms with van der Waals surface area (Å²) >= 11 is 0. The van der Waals surface area contributed by atoms with E-state index in [9.17, 15) is 4.79 Å². The maximum absolute atomic E-state index is 11.3. The predicted molar refractivity (Wildman–Crippen MR) is 67.7 cm³/mol. The largest absolute Gasteiger partial charge is 0.379 e. The van der Waals surface area contributed by atoms with Crippen LogP contribution in [0.25, 0.3) is 0 Å². The molecule has 1 rings (SSSR count). The zero-order valence-electron chi connectivity index (χ0n) is 10.9. The van der Waals surface area contributed by atoms with Crippen molar-refractivity contribution in [1.29, 1.82) is 0 Å². The van der Waals surface area contributed by atoms with Crippen LogP contribution in [-0.4, -0.2) is 55.7 Å². The number of amides is 1. The Labute approximate surface area is 104 Å². The summed E-state index contributed by atoms with van der Waals surface area (Å²) in [6.07, 6.45) is 1.79. The van der Waals surface area contributed by atoms with Crippen molar-refractivity contribution < 1.29 is 9.53 Å². The Morgan fingerprint density at radius 2 is 2.41 bits per heavy atom. The maximum Gasteiger partial charge on any atom is 0.234 e. The number of primary amides is 1. The summed E-state index contributed by atoms with van der Waals surface area (Å²) in [5.74, 6) is -0.251. The molecule has 0 aromatic carbocycles. The Morgan fingerprint density at radius 1 is 1.65 bits per heavy atom. The van der Waals surface area contributed by atoms with Gasteiger partial charge in [0.2, 0.25) is 5.91 Å². The molecule has 1 fully saturated rings. The average Bonchev–Trinajstić information content (AvgIpc) is 2.31. The molecular weight excluding hydrogens is 218 g/mol. The molecule has 100 valence electrons. The predicted octanol–water partition coefficient (Wildman–Crippen LogP) is -0.0493. The number of carbonyl (C=O) groups is 1. The number of rotatable bonds is 7. The van der Waals surface area contributed by atoms with Gasteiger partial charge in [0, 0.05) is 19.1 Å². The van der Waals surface area contributed by atoms with Crippen LogP contribution in [0, 0.1) is 0 Å². The Bertz CT molecular complexity index is 236. The van der Waals surface area contributed by atoms with E-state index in [1.165, 1.54) is 0 Å². The lowest BCUT2D eigenvalue weighted by molar-refractivity contribution is -0.120. The van der Waals surface area contributed by atoms with Crippen LogP contribution >= 0.6 is 0 Å². The molecule has 1 aliphatic rings. The van der Waals surface area contributed by atoms with Crippen molar-refractivity contribution in [3.63, 3.8) is 0 Å². The summed E-state index contributed by atoms with van der Waals surface area (Å²) in [6.45, 7) is 8.48. The van der Waals surface area contributed by atoms with E-state index in [0.717, 1.165) is 45.7 Å². The average molecular weight is 243 g/mol. The van der Waals surface area contributed by atoms with E-state index in [1.54, 1.807) is 0 Å². The van der Waals surface area contributed by atoms with Crippen molar-refractivity contribution in [3.8, 4) is 0 Å². The van der Waals surface area contributed by atoms with Gasteiger partial charge in [-0.3, -0.25) is 9.69 Å². The number of nitrogens with two attached hydrogens (primary N) is 1. The first-order valence-corrected chi connectivity index (χ1v) is 6.49. The molecule has 0 aromatic rings. The Kier molecular flexibility index (Phi) is 6.47. The summed E-state index contributed by atoms with van der Waals surface area (Å²) in [5.41, 5.74) is 5.38. The van der Waals surface area contributed by atoms with E-state index in [-0.39, 0.29) is 11.9 Å². The van der Waals surface area contributed by atoms with Gasteiger partial charge >= 0.3 is 0 Å². The van der Waals surface area contributed by atoms with Gasteiger partial charge in [0.05, 0.1) is 19.3 Å². The molecule has 17 heavy (non-hydrogen) atoms. The van der Waals surface area contributed by atoms with Crippen LogP contribution in [0.1, 0.15) is 26.7 Å². The minimum absolute atomic E-state index is 0.204. The summed E-state index contributed by atoms with van der Waals surface area (Å²) in [6, 6.07) is 0.230. The van der Waals surface area contributed by atoms with Gasteiger partial charge in [0.15, 0.2) is 0 Å². The highest BCUT2D eigenvalue weighted by molar-refractivity contribution is 5.79. The van der Waals surface area contributed by atoms with Gasteiger partial charge in [-0.05, 0) is 26.3 Å². The molecule has 0 radical (unpaired) electrons. The lowest BCUT2D eigenvalue weighted by Crippen LogP contribution is -2.48. The lowest BCUT2D eigenvalue weighted by atomic mass is 10.1. The second kappa shape index (κ2) is 7.63. The molecule has 1 saturated heterocycles. The van der Waals surface area contributed by atoms with E-state index in [0.29, 0.717) is 6.04 Å². The summed E-state index contributed by atoms with van der Waals surface area (Å²) in [5, 5.41) is 3.19. The van der Waals surface area contributed by atoms with Crippen LogP contribution in [0.5, 0.6) is 0 Å². The first kappa shape index (κ1) is 14.4. The summed E-state index contributed by atoms with van der Waals surface area (Å²) in [4.78, 5) is 13.6. The highest BCUT2D eigenvalue weighted by Gasteiger charge is 2.21. The van der Waals surface area contributed by atoms with Crippen molar-refractivity contribution in [1.82, 2.24) is 10.2 Å². The highest BCUT2D eigenvalue weighted by Crippen LogP contribution is 2.07. The van der Waals surface area contributed by atoms with E-state index >= 15 is 0 Å². The minimum atomic E-state index is -0.251. The van der Waals surface area contributed by atoms with Crippen LogP contribution in [0.3, 0.4) is 0 Å². The third-order valence-corrected chi connectivity index (χ3v) is 3.19. The second-order valence-electron chi connectivity index (χ2n) is 4.66. The van der Waals surface area contributed by atoms with Crippen LogP contribution in [0.4, 0.5) is 0 Å². The molecule has 5 nitrogen and oxygen atoms in total. The van der Waals surface area contributed by atoms with E-state index < -0.39 is 0 Å². The molecule has 1 amide bonds. The molecule has 2 atom stereocenters. The fourth-order valence-corrected chi connectivity index (χ4v) is 2.05. The van der Waals surface area contributed by atoms with Crippen molar-refractivity contribution >= 4 is 5.91 Å². The standard InChI is InChI=1S/C12H25N3O2/c1-3-5-14-11(12(13)16)4-6-15-7-8-17-9-10(15)2/h10-11,14H,3-9H2,1-2H3,(H2,13,16). The third-order valence-electron chi connectivity index (χ3n) is 3.19. The first-order valence-electron chi connectivity index (χ1n) is 6.49. The Morgan fingerprint density at radius 3 is 3.00 bits per heavy atom. The number of hydrogen-bond donors (Lipinski definition) is 2. The normalized spacial score (nSPS) is 23.5. The zero-order chi connectivity index (χ0) is 12.7. The summed E-state index contributed by atoms with van der Waals surface area (Å²) in [7, 11) is 0. The van der Waals surface area contributed by atoms with Gasteiger partial charge in [0.1, 0.15) is 0 Å². The van der Waals surface area contributed by atoms with Gasteiger partial charge in [-0.15, -0.1) is 0 Å². The Hall–Kier alpha value is -0.650. The second-order valence-corrected chi connectivity index (χ2v) is 4.66. The van der Waals surface area contributed by atoms with Gasteiger partial charge in [-0.2, -0.15) is 0 Å². The molecule has 3 N–H and O–H groups in total. The molecule has 5 heteroatoms. The summed E-state index contributed by atoms with van der Waals surface area (Å²) < 4.78 is 5.38. The van der Waals surface area contributed by atoms with Crippen LogP contribution < -0.4 is 11.1 Å². The molecule has 0 saturated carbocycles. The number of ether oxygens (including phenoxy) is 1. The number of morpholine rings is 1. The monoisotopic (exact) mass is 243 g/mol. The van der Waals surface area contributed by atoms with Gasteiger partial charge in [0.25, 0.3) is 0 Å². The van der Waals surface area contributed by atoms with Crippen LogP contribution in [-0.2, 0) is 9.53 Å². The molecule has 1 heterocycles. The first-order chi connectivity index (χ1) is 8.15. The third kappa shape index (κ3) is 5.02. The number of nitrogens with one attached hydrogen (secondary N) is 1. The molecule has 0 spiro atoms. The van der Waals surface area contributed by atoms with Gasteiger partial charge < -0.3 is 15.8 Å². The molecule has 0 bridgehead atoms. The van der Waals surface area contributed by atoms with Crippen molar-refractivity contribution in [2.24, 2.45) is 5.73 Å². The number of nitrogens with zero attached hydrogens (tertiary/aromatic N) is 1. The molecule has 1 aliphatic heterocycles. The molecule has 2 unspecified atom stereocenters. The minimum Gasteiger partial charge on any atom is -0.379 e. The van der Waals surface area contributed by atoms with E-state index in [1.807, 2.05) is 0 Å². The van der Waals surface area contributed by atoms with Gasteiger partial charge in [-0.1, -0.05) is 6.92 Å². The fraction of sp³-hybridized carbons (Fsp3) is 0.917. The quantitative estimate of drug-likeness (QED) is 0.658. The number of carbonyl (C=O) groups excluding carboxylic acids is 1. The number of hydrogen-bond acceptors (Lipinski definition) is 4. The van der Waals surface area contributed by atoms with Gasteiger partial charge in [-0.25, -0.2) is 0 Å². The molecule has 0 aromatic heterocycles. The zero-order valence-corrected chi connectivity index (χ0v) is 10.9. The fourth-order valence-electron chi connectivity index (χ4n) is 2.05. The maximum atomic E-state index is 11.3. The van der Waals surface area contributed by atoms with Crippen LogP contribution in [0.15, 0.2) is 0 Å². The van der Waals surface area contributed by atoms with E-state index in [2.05, 4.69) is 24.1 Å². The van der Waals surface area contributed by atoms with Crippen molar-refractivity contribution in [2.75, 3.05) is 32.8 Å². The lowest BCUT2D eigenvalue weighted by Gasteiger charge is -2.33. The smallest absolute Gasteiger partial charge is 0.234 e. The topological polar surface area (TPSA) is 67.6 Å². The highest BCUT2D eigenvalue weighted by atomic mass is 16.5.